The highest BCUT2D eigenvalue weighted by Gasteiger charge is 2.23. The van der Waals surface area contributed by atoms with Crippen molar-refractivity contribution in [3.63, 3.8) is 0 Å². The molecule has 0 unspecified atom stereocenters. The number of carboxylic acid groups (broad SMARTS) is 1. The van der Waals surface area contributed by atoms with Gasteiger partial charge in [-0.3, -0.25) is 14.4 Å². The lowest BCUT2D eigenvalue weighted by Gasteiger charge is -2.18. The molecule has 8 heteroatoms. The fourth-order valence-corrected chi connectivity index (χ4v) is 3.08. The van der Waals surface area contributed by atoms with E-state index in [0.29, 0.717) is 20.7 Å². The lowest BCUT2D eigenvalue weighted by Crippen LogP contribution is -2.35. The summed E-state index contributed by atoms with van der Waals surface area (Å²) < 4.78 is 0. The Labute approximate surface area is 123 Å². The number of thiophene rings is 1. The monoisotopic (exact) mass is 307 g/mol. The maximum atomic E-state index is 12.5. The van der Waals surface area contributed by atoms with Crippen LogP contribution < -0.4 is 5.56 Å². The molecule has 0 aromatic carbocycles. The van der Waals surface area contributed by atoms with Gasteiger partial charge in [-0.2, -0.15) is 0 Å². The average molecular weight is 307 g/mol. The zero-order valence-electron chi connectivity index (χ0n) is 11.3. The van der Waals surface area contributed by atoms with Crippen LogP contribution in [0, 0.1) is 6.92 Å². The van der Waals surface area contributed by atoms with Gasteiger partial charge < -0.3 is 15.0 Å². The summed E-state index contributed by atoms with van der Waals surface area (Å²) in [6.45, 7) is 4.85. The van der Waals surface area contributed by atoms with Crippen LogP contribution in [0.1, 0.15) is 15.2 Å². The molecule has 0 spiro atoms. The minimum absolute atomic E-state index is 0.114. The summed E-state index contributed by atoms with van der Waals surface area (Å²) in [5.74, 6) is -1.56. The third-order valence-electron chi connectivity index (χ3n) is 2.89. The van der Waals surface area contributed by atoms with E-state index in [1.54, 1.807) is 6.92 Å². The molecule has 110 valence electrons. The summed E-state index contributed by atoms with van der Waals surface area (Å²) in [4.78, 5) is 43.5. The van der Waals surface area contributed by atoms with Gasteiger partial charge in [0.15, 0.2) is 0 Å². The number of aromatic amines is 1. The Morgan fingerprint density at radius 1 is 1.57 bits per heavy atom. The number of hydrogen-bond acceptors (Lipinski definition) is 5. The molecule has 0 aliphatic carbocycles. The second-order valence-corrected chi connectivity index (χ2v) is 5.34. The number of carboxylic acids is 1. The third kappa shape index (κ3) is 2.84. The first-order valence-corrected chi connectivity index (χ1v) is 6.86. The Balaban J connectivity index is 2.49. The molecular weight excluding hydrogens is 294 g/mol. The van der Waals surface area contributed by atoms with Crippen LogP contribution in [0.5, 0.6) is 0 Å². The molecule has 2 N–H and O–H groups in total. The van der Waals surface area contributed by atoms with Gasteiger partial charge in [0.1, 0.15) is 11.4 Å². The molecule has 0 aliphatic rings. The summed E-state index contributed by atoms with van der Waals surface area (Å²) in [6, 6.07) is 0. The predicted octanol–water partition coefficient (Wildman–Crippen LogP) is 1.01. The molecule has 2 heterocycles. The van der Waals surface area contributed by atoms with Crippen LogP contribution in [0.15, 0.2) is 23.8 Å². The minimum atomic E-state index is -1.11. The molecule has 0 radical (unpaired) electrons. The van der Waals surface area contributed by atoms with Crippen LogP contribution in [-0.2, 0) is 4.79 Å². The fraction of sp³-hybridized carbons (Fsp3) is 0.231. The van der Waals surface area contributed by atoms with E-state index in [1.807, 2.05) is 0 Å². The van der Waals surface area contributed by atoms with Crippen LogP contribution in [0.2, 0.25) is 0 Å². The predicted molar refractivity (Wildman–Crippen MR) is 78.7 cm³/mol. The summed E-state index contributed by atoms with van der Waals surface area (Å²) in [5.41, 5.74) is 0.190. The van der Waals surface area contributed by atoms with Crippen molar-refractivity contribution in [2.75, 3.05) is 13.1 Å². The first kappa shape index (κ1) is 14.9. The number of aromatic nitrogens is 2. The molecule has 0 saturated carbocycles. The van der Waals surface area contributed by atoms with Crippen LogP contribution in [0.4, 0.5) is 0 Å². The maximum absolute atomic E-state index is 12.5. The number of nitrogens with zero attached hydrogens (tertiary/aromatic N) is 2. The SMILES string of the molecule is C=CCN(CC(=O)O)C(=O)c1sc2nc[nH]c(=O)c2c1C. The Morgan fingerprint density at radius 3 is 2.86 bits per heavy atom. The van der Waals surface area contributed by atoms with Crippen LogP contribution in [-0.4, -0.2) is 44.9 Å². The van der Waals surface area contributed by atoms with Crippen molar-refractivity contribution in [2.45, 2.75) is 6.92 Å². The number of nitrogens with one attached hydrogen (secondary N) is 1. The number of aryl methyl sites for hydroxylation is 1. The minimum Gasteiger partial charge on any atom is -0.480 e. The maximum Gasteiger partial charge on any atom is 0.323 e. The van der Waals surface area contributed by atoms with Crippen LogP contribution >= 0.6 is 11.3 Å². The van der Waals surface area contributed by atoms with Crippen LogP contribution in [0.3, 0.4) is 0 Å². The molecule has 0 bridgehead atoms. The summed E-state index contributed by atoms with van der Waals surface area (Å²) in [6.07, 6.45) is 2.72. The van der Waals surface area contributed by atoms with Crippen molar-refractivity contribution in [1.82, 2.24) is 14.9 Å². The summed E-state index contributed by atoms with van der Waals surface area (Å²) in [5, 5.41) is 9.23. The number of aliphatic carboxylic acids is 1. The lowest BCUT2D eigenvalue weighted by molar-refractivity contribution is -0.137. The largest absolute Gasteiger partial charge is 0.480 e. The number of carbonyl (C=O) groups excluding carboxylic acids is 1. The molecule has 0 saturated heterocycles. The van der Waals surface area contributed by atoms with E-state index >= 15 is 0 Å². The lowest BCUT2D eigenvalue weighted by atomic mass is 10.2. The van der Waals surface area contributed by atoms with Gasteiger partial charge >= 0.3 is 5.97 Å². The van der Waals surface area contributed by atoms with E-state index in [4.69, 9.17) is 5.11 Å². The van der Waals surface area contributed by atoms with Gasteiger partial charge in [-0.05, 0) is 12.5 Å². The highest BCUT2D eigenvalue weighted by Crippen LogP contribution is 2.27. The normalized spacial score (nSPS) is 10.5. The third-order valence-corrected chi connectivity index (χ3v) is 4.08. The van der Waals surface area contributed by atoms with Crippen molar-refractivity contribution >= 4 is 33.4 Å². The smallest absolute Gasteiger partial charge is 0.323 e. The highest BCUT2D eigenvalue weighted by atomic mass is 32.1. The van der Waals surface area contributed by atoms with Gasteiger partial charge in [0, 0.05) is 6.54 Å². The van der Waals surface area contributed by atoms with E-state index in [2.05, 4.69) is 16.5 Å². The standard InChI is InChI=1S/C13H13N3O4S/c1-3-4-16(5-8(17)18)13(20)10-7(2)9-11(19)14-6-15-12(9)21-10/h3,6H,1,4-5H2,2H3,(H,17,18)(H,14,15,19). The summed E-state index contributed by atoms with van der Waals surface area (Å²) >= 11 is 1.08. The molecule has 0 fully saturated rings. The number of hydrogen-bond donors (Lipinski definition) is 2. The highest BCUT2D eigenvalue weighted by molar-refractivity contribution is 7.20. The van der Waals surface area contributed by atoms with E-state index in [-0.39, 0.29) is 12.1 Å². The molecule has 7 nitrogen and oxygen atoms in total. The van der Waals surface area contributed by atoms with Crippen molar-refractivity contribution in [2.24, 2.45) is 0 Å². The number of amides is 1. The zero-order valence-corrected chi connectivity index (χ0v) is 12.1. The molecular formula is C13H13N3O4S. The Hall–Kier alpha value is -2.48. The Morgan fingerprint density at radius 2 is 2.29 bits per heavy atom. The van der Waals surface area contributed by atoms with Crippen molar-refractivity contribution < 1.29 is 14.7 Å². The number of carbonyl (C=O) groups is 2. The van der Waals surface area contributed by atoms with Crippen molar-refractivity contribution in [3.05, 3.63) is 39.8 Å². The first-order chi connectivity index (χ1) is 9.95. The van der Waals surface area contributed by atoms with E-state index in [1.165, 1.54) is 12.4 Å². The number of H-pyrrole nitrogens is 1. The Bertz CT molecular complexity index is 777. The van der Waals surface area contributed by atoms with Gasteiger partial charge in [-0.25, -0.2) is 4.98 Å². The van der Waals surface area contributed by atoms with Gasteiger partial charge in [-0.1, -0.05) is 6.08 Å². The van der Waals surface area contributed by atoms with Crippen molar-refractivity contribution in [1.29, 1.82) is 0 Å². The second-order valence-electron chi connectivity index (χ2n) is 4.34. The zero-order chi connectivity index (χ0) is 15.6. The topological polar surface area (TPSA) is 103 Å². The van der Waals surface area contributed by atoms with Crippen molar-refractivity contribution in [3.8, 4) is 0 Å². The molecule has 2 aromatic rings. The molecule has 2 aromatic heterocycles. The van der Waals surface area contributed by atoms with Gasteiger partial charge in [-0.15, -0.1) is 17.9 Å². The quantitative estimate of drug-likeness (QED) is 0.802. The second kappa shape index (κ2) is 5.88. The van der Waals surface area contributed by atoms with E-state index in [0.717, 1.165) is 16.2 Å². The first-order valence-electron chi connectivity index (χ1n) is 6.04. The van der Waals surface area contributed by atoms with Gasteiger partial charge in [0.05, 0.1) is 16.6 Å². The molecule has 0 aliphatic heterocycles. The molecule has 21 heavy (non-hydrogen) atoms. The molecule has 2 rings (SSSR count). The molecule has 1 amide bonds. The van der Waals surface area contributed by atoms with Gasteiger partial charge in [0.2, 0.25) is 0 Å². The Kier molecular flexibility index (Phi) is 4.18. The summed E-state index contributed by atoms with van der Waals surface area (Å²) in [7, 11) is 0. The van der Waals surface area contributed by atoms with Gasteiger partial charge in [0.25, 0.3) is 11.5 Å². The number of fused-ring (bicyclic) bond motifs is 1. The van der Waals surface area contributed by atoms with E-state index < -0.39 is 18.4 Å². The average Bonchev–Trinajstić information content (AvgIpc) is 2.76. The molecule has 0 atom stereocenters. The van der Waals surface area contributed by atoms with Crippen LogP contribution in [0.25, 0.3) is 10.2 Å². The fourth-order valence-electron chi connectivity index (χ4n) is 1.96. The van der Waals surface area contributed by atoms with E-state index in [9.17, 15) is 14.4 Å². The number of rotatable bonds is 5.